The van der Waals surface area contributed by atoms with Crippen LogP contribution in [0.5, 0.6) is 0 Å². The van der Waals surface area contributed by atoms with E-state index in [2.05, 4.69) is 15.5 Å². The van der Waals surface area contributed by atoms with Crippen molar-refractivity contribution in [3.8, 4) is 0 Å². The first kappa shape index (κ1) is 17.5. The summed E-state index contributed by atoms with van der Waals surface area (Å²) in [6.45, 7) is 0. The van der Waals surface area contributed by atoms with Crippen molar-refractivity contribution < 1.29 is 24.7 Å². The van der Waals surface area contributed by atoms with Gasteiger partial charge in [0, 0.05) is 0 Å². The SMILES string of the molecule is Nc1nc(C2(NC(=O)/C=N\O)C=C(C(=O)O)N3C(=O)C[C@@H]3S2)c(Cl)s1. The van der Waals surface area contributed by atoms with E-state index in [0.717, 1.165) is 28.0 Å². The number of carboxylic acids is 1. The van der Waals surface area contributed by atoms with E-state index >= 15 is 0 Å². The van der Waals surface area contributed by atoms with Gasteiger partial charge in [-0.1, -0.05) is 39.9 Å². The first-order chi connectivity index (χ1) is 11.8. The van der Waals surface area contributed by atoms with Gasteiger partial charge in [0.25, 0.3) is 5.91 Å². The fourth-order valence-electron chi connectivity index (χ4n) is 2.51. The Morgan fingerprint density at radius 3 is 2.84 bits per heavy atom. The molecule has 3 heterocycles. The Bertz CT molecular complexity index is 840. The number of nitrogen functional groups attached to an aromatic ring is 1. The number of carbonyl (C=O) groups is 3. The van der Waals surface area contributed by atoms with Crippen LogP contribution in [0.2, 0.25) is 4.34 Å². The predicted molar refractivity (Wildman–Crippen MR) is 90.2 cm³/mol. The molecule has 3 rings (SSSR count). The van der Waals surface area contributed by atoms with Gasteiger partial charge in [0.15, 0.2) is 10.0 Å². The van der Waals surface area contributed by atoms with Gasteiger partial charge in [0.05, 0.1) is 11.8 Å². The average Bonchev–Trinajstić information content (AvgIpc) is 2.85. The van der Waals surface area contributed by atoms with Crippen LogP contribution in [0.3, 0.4) is 0 Å². The normalized spacial score (nSPS) is 25.3. The smallest absolute Gasteiger partial charge is 0.352 e. The summed E-state index contributed by atoms with van der Waals surface area (Å²) in [5.74, 6) is -2.49. The standard InChI is InChI=1S/C12H10ClN5O5S2/c13-9-8(16-11(14)24-9)12(17-5(19)3-15-23)2-4(10(21)22)18-6(20)1-7(18)25-12/h2-3,7,23H,1H2,(H2,14,16)(H,17,19)(H,21,22)/b15-3-/t7-,12?/m0/s1. The van der Waals surface area contributed by atoms with E-state index in [4.69, 9.17) is 22.5 Å². The predicted octanol–water partition coefficient (Wildman–Crippen LogP) is 0.381. The van der Waals surface area contributed by atoms with Crippen molar-refractivity contribution in [3.63, 3.8) is 0 Å². The second-order valence-electron chi connectivity index (χ2n) is 5.02. The summed E-state index contributed by atoms with van der Waals surface area (Å²) in [4.78, 5) is 39.0. The maximum absolute atomic E-state index is 12.0. The molecular formula is C12H10ClN5O5S2. The van der Waals surface area contributed by atoms with E-state index in [1.165, 1.54) is 6.08 Å². The van der Waals surface area contributed by atoms with Crippen molar-refractivity contribution in [1.82, 2.24) is 15.2 Å². The van der Waals surface area contributed by atoms with Gasteiger partial charge in [-0.05, 0) is 6.08 Å². The number of aliphatic carboxylic acids is 1. The number of anilines is 1. The van der Waals surface area contributed by atoms with E-state index in [0.29, 0.717) is 6.21 Å². The molecule has 0 aliphatic carbocycles. The summed E-state index contributed by atoms with van der Waals surface area (Å²) in [7, 11) is 0. The van der Waals surface area contributed by atoms with Crippen LogP contribution in [0.1, 0.15) is 12.1 Å². The number of nitrogens with one attached hydrogen (secondary N) is 1. The van der Waals surface area contributed by atoms with Crippen LogP contribution in [-0.2, 0) is 19.3 Å². The second-order valence-corrected chi connectivity index (χ2v) is 8.08. The Morgan fingerprint density at radius 2 is 2.32 bits per heavy atom. The molecule has 10 nitrogen and oxygen atoms in total. The summed E-state index contributed by atoms with van der Waals surface area (Å²) in [5, 5.41) is 22.8. The number of β-lactam (4-membered cyclic amide) rings is 1. The molecule has 0 radical (unpaired) electrons. The van der Waals surface area contributed by atoms with Crippen LogP contribution in [0, 0.1) is 0 Å². The molecule has 13 heteroatoms. The first-order valence-corrected chi connectivity index (χ1v) is 8.72. The van der Waals surface area contributed by atoms with Gasteiger partial charge in [-0.3, -0.25) is 14.5 Å². The zero-order valence-electron chi connectivity index (χ0n) is 12.2. The highest BCUT2D eigenvalue weighted by Gasteiger charge is 2.53. The lowest BCUT2D eigenvalue weighted by Gasteiger charge is -2.48. The number of nitrogens with two attached hydrogens (primary N) is 1. The van der Waals surface area contributed by atoms with Crippen LogP contribution < -0.4 is 11.1 Å². The Labute approximate surface area is 153 Å². The Hall–Kier alpha value is -2.31. The highest BCUT2D eigenvalue weighted by Crippen LogP contribution is 2.51. The zero-order chi connectivity index (χ0) is 18.4. The highest BCUT2D eigenvalue weighted by molar-refractivity contribution is 8.01. The number of oxime groups is 1. The van der Waals surface area contributed by atoms with Crippen molar-refractivity contribution in [1.29, 1.82) is 0 Å². The quantitative estimate of drug-likeness (QED) is 0.243. The first-order valence-electron chi connectivity index (χ1n) is 6.65. The molecule has 5 N–H and O–H groups in total. The molecule has 0 aromatic carbocycles. The number of hydrogen-bond acceptors (Lipinski definition) is 9. The Morgan fingerprint density at radius 1 is 1.60 bits per heavy atom. The number of hydrogen-bond donors (Lipinski definition) is 4. The number of carboxylic acid groups (broad SMARTS) is 1. The number of rotatable bonds is 4. The van der Waals surface area contributed by atoms with Gasteiger partial charge in [-0.2, -0.15) is 0 Å². The number of halogens is 1. The van der Waals surface area contributed by atoms with Crippen molar-refractivity contribution >= 4 is 63.8 Å². The summed E-state index contributed by atoms with van der Waals surface area (Å²) < 4.78 is 0.159. The van der Waals surface area contributed by atoms with Crippen LogP contribution in [0.4, 0.5) is 5.13 Å². The number of fused-ring (bicyclic) bond motifs is 1. The molecule has 25 heavy (non-hydrogen) atoms. The van der Waals surface area contributed by atoms with Gasteiger partial charge in [-0.25, -0.2) is 9.78 Å². The summed E-state index contributed by atoms with van der Waals surface area (Å²) >= 11 is 8.20. The molecule has 1 fully saturated rings. The van der Waals surface area contributed by atoms with Gasteiger partial charge in [0.1, 0.15) is 21.9 Å². The van der Waals surface area contributed by atoms with Crippen LogP contribution in [0.25, 0.3) is 0 Å². The van der Waals surface area contributed by atoms with E-state index in [1.807, 2.05) is 0 Å². The minimum atomic E-state index is -1.49. The molecule has 2 aliphatic rings. The van der Waals surface area contributed by atoms with Gasteiger partial charge in [-0.15, -0.1) is 0 Å². The number of amides is 2. The molecule has 1 aromatic heterocycles. The minimum Gasteiger partial charge on any atom is -0.477 e. The second kappa shape index (κ2) is 6.20. The maximum atomic E-state index is 12.0. The Balaban J connectivity index is 2.16. The third kappa shape index (κ3) is 2.92. The molecule has 2 aliphatic heterocycles. The topological polar surface area (TPSA) is 158 Å². The zero-order valence-corrected chi connectivity index (χ0v) is 14.6. The van der Waals surface area contributed by atoms with E-state index in [9.17, 15) is 19.5 Å². The van der Waals surface area contributed by atoms with E-state index in [-0.39, 0.29) is 33.2 Å². The summed E-state index contributed by atoms with van der Waals surface area (Å²) in [6.07, 6.45) is 1.88. The van der Waals surface area contributed by atoms with Crippen molar-refractivity contribution in [2.45, 2.75) is 16.7 Å². The number of aromatic nitrogens is 1. The fraction of sp³-hybridized carbons (Fsp3) is 0.250. The van der Waals surface area contributed by atoms with Crippen molar-refractivity contribution in [3.05, 3.63) is 21.8 Å². The third-order valence-electron chi connectivity index (χ3n) is 3.48. The van der Waals surface area contributed by atoms with E-state index in [1.54, 1.807) is 0 Å². The molecule has 2 atom stereocenters. The molecular weight excluding hydrogens is 394 g/mol. The Kier molecular flexibility index (Phi) is 4.34. The number of thioether (sulfide) groups is 1. The average molecular weight is 404 g/mol. The van der Waals surface area contributed by atoms with Crippen molar-refractivity contribution in [2.24, 2.45) is 5.16 Å². The monoisotopic (exact) mass is 403 g/mol. The third-order valence-corrected chi connectivity index (χ3v) is 6.00. The number of thiazole rings is 1. The number of nitrogens with zero attached hydrogens (tertiary/aromatic N) is 3. The van der Waals surface area contributed by atoms with Gasteiger partial charge in [0.2, 0.25) is 5.91 Å². The molecule has 0 spiro atoms. The molecule has 1 saturated heterocycles. The minimum absolute atomic E-state index is 0.0955. The van der Waals surface area contributed by atoms with Crippen LogP contribution >= 0.6 is 34.7 Å². The maximum Gasteiger partial charge on any atom is 0.352 e. The van der Waals surface area contributed by atoms with Gasteiger partial charge < -0.3 is 21.4 Å². The summed E-state index contributed by atoms with van der Waals surface area (Å²) in [5.41, 5.74) is 5.50. The highest BCUT2D eigenvalue weighted by atomic mass is 35.5. The number of carbonyl (C=O) groups excluding carboxylic acids is 2. The molecule has 1 aromatic rings. The van der Waals surface area contributed by atoms with E-state index < -0.39 is 22.1 Å². The molecule has 0 bridgehead atoms. The molecule has 0 saturated carbocycles. The van der Waals surface area contributed by atoms with Crippen LogP contribution in [0.15, 0.2) is 16.9 Å². The fourth-order valence-corrected chi connectivity index (χ4v) is 5.27. The largest absolute Gasteiger partial charge is 0.477 e. The molecule has 2 amide bonds. The lowest BCUT2D eigenvalue weighted by atomic mass is 10.1. The lowest BCUT2D eigenvalue weighted by Crippen LogP contribution is -2.59. The molecule has 1 unspecified atom stereocenters. The summed E-state index contributed by atoms with van der Waals surface area (Å²) in [6, 6.07) is 0. The van der Waals surface area contributed by atoms with Crippen molar-refractivity contribution in [2.75, 3.05) is 5.73 Å². The van der Waals surface area contributed by atoms with Crippen LogP contribution in [-0.4, -0.2) is 49.6 Å². The molecule has 132 valence electrons. The van der Waals surface area contributed by atoms with Gasteiger partial charge >= 0.3 is 5.97 Å². The lowest BCUT2D eigenvalue weighted by molar-refractivity contribution is -0.146.